The fourth-order valence-corrected chi connectivity index (χ4v) is 3.08. The molecule has 1 aromatic heterocycles. The molecule has 2 heterocycles. The van der Waals surface area contributed by atoms with E-state index in [1.807, 2.05) is 41.3 Å². The molecule has 2 aromatic rings. The molecule has 2 N–H and O–H groups in total. The smallest absolute Gasteiger partial charge is 0.255 e. The zero-order valence-electron chi connectivity index (χ0n) is 13.7. The van der Waals surface area contributed by atoms with Gasteiger partial charge in [-0.1, -0.05) is 44.2 Å². The van der Waals surface area contributed by atoms with Crippen molar-refractivity contribution in [3.05, 3.63) is 54.4 Å². The number of amides is 1. The van der Waals surface area contributed by atoms with Crippen LogP contribution in [0.1, 0.15) is 30.6 Å². The summed E-state index contributed by atoms with van der Waals surface area (Å²) in [6.07, 6.45) is 4.28. The van der Waals surface area contributed by atoms with E-state index in [-0.39, 0.29) is 17.4 Å². The van der Waals surface area contributed by atoms with E-state index in [2.05, 4.69) is 18.8 Å². The number of carbonyl (C=O) groups excluding carboxylic acids is 1. The van der Waals surface area contributed by atoms with Crippen LogP contribution in [-0.2, 0) is 0 Å². The Bertz CT molecular complexity index is 697. The molecule has 1 amide bonds. The molecular formula is C19H23N3O. The van der Waals surface area contributed by atoms with Crippen molar-refractivity contribution in [2.24, 2.45) is 11.1 Å². The Morgan fingerprint density at radius 3 is 2.65 bits per heavy atom. The summed E-state index contributed by atoms with van der Waals surface area (Å²) in [6.45, 7) is 5.63. The minimum Gasteiger partial charge on any atom is -0.338 e. The summed E-state index contributed by atoms with van der Waals surface area (Å²) >= 11 is 0. The lowest BCUT2D eigenvalue weighted by Crippen LogP contribution is -2.54. The van der Waals surface area contributed by atoms with E-state index in [9.17, 15) is 4.79 Å². The molecule has 1 atom stereocenters. The van der Waals surface area contributed by atoms with Gasteiger partial charge in [-0.2, -0.15) is 0 Å². The van der Waals surface area contributed by atoms with E-state index in [1.165, 1.54) is 0 Å². The maximum atomic E-state index is 12.8. The average molecular weight is 309 g/mol. The topological polar surface area (TPSA) is 59.2 Å². The Kier molecular flexibility index (Phi) is 4.18. The first-order valence-electron chi connectivity index (χ1n) is 8.03. The zero-order chi connectivity index (χ0) is 16.4. The van der Waals surface area contributed by atoms with Gasteiger partial charge < -0.3 is 10.6 Å². The minimum absolute atomic E-state index is 0.0373. The summed E-state index contributed by atoms with van der Waals surface area (Å²) in [5, 5.41) is 0. The zero-order valence-corrected chi connectivity index (χ0v) is 13.7. The maximum Gasteiger partial charge on any atom is 0.255 e. The highest BCUT2D eigenvalue weighted by molar-refractivity contribution is 5.95. The molecule has 1 aliphatic heterocycles. The van der Waals surface area contributed by atoms with Crippen molar-refractivity contribution in [2.75, 3.05) is 13.1 Å². The van der Waals surface area contributed by atoms with E-state index in [4.69, 9.17) is 5.73 Å². The van der Waals surface area contributed by atoms with Crippen molar-refractivity contribution < 1.29 is 4.79 Å². The van der Waals surface area contributed by atoms with Gasteiger partial charge in [0.2, 0.25) is 0 Å². The number of hydrogen-bond donors (Lipinski definition) is 1. The Labute approximate surface area is 137 Å². The van der Waals surface area contributed by atoms with Crippen LogP contribution in [0, 0.1) is 5.41 Å². The Hall–Kier alpha value is -2.20. The number of pyridine rings is 1. The van der Waals surface area contributed by atoms with E-state index < -0.39 is 0 Å². The molecule has 0 aliphatic carbocycles. The molecule has 23 heavy (non-hydrogen) atoms. The average Bonchev–Trinajstić information content (AvgIpc) is 2.57. The van der Waals surface area contributed by atoms with Crippen molar-refractivity contribution in [1.29, 1.82) is 0 Å². The van der Waals surface area contributed by atoms with Crippen molar-refractivity contribution in [3.8, 4) is 11.1 Å². The van der Waals surface area contributed by atoms with Crippen molar-refractivity contribution >= 4 is 5.91 Å². The molecule has 1 unspecified atom stereocenters. The molecule has 4 heteroatoms. The number of piperidine rings is 1. The molecule has 3 rings (SSSR count). The van der Waals surface area contributed by atoms with Gasteiger partial charge in [-0.15, -0.1) is 0 Å². The maximum absolute atomic E-state index is 12.8. The molecule has 1 aromatic carbocycles. The van der Waals surface area contributed by atoms with Gasteiger partial charge in [-0.3, -0.25) is 9.78 Å². The summed E-state index contributed by atoms with van der Waals surface area (Å²) < 4.78 is 0. The fourth-order valence-electron chi connectivity index (χ4n) is 3.08. The number of nitrogens with zero attached hydrogens (tertiary/aromatic N) is 2. The third-order valence-electron chi connectivity index (χ3n) is 4.69. The van der Waals surface area contributed by atoms with E-state index in [0.717, 1.165) is 17.5 Å². The van der Waals surface area contributed by atoms with Crippen LogP contribution in [0.15, 0.2) is 48.8 Å². The normalized spacial score (nSPS) is 20.3. The first-order chi connectivity index (χ1) is 11.0. The SMILES string of the molecule is CC1(C)CN(C(=O)c2cncc(-c3ccccc3)c2)CCC1N. The first kappa shape index (κ1) is 15.7. The number of carbonyl (C=O) groups is 1. The van der Waals surface area contributed by atoms with Crippen LogP contribution in [0.3, 0.4) is 0 Å². The summed E-state index contributed by atoms with van der Waals surface area (Å²) in [5.41, 5.74) is 8.77. The molecule has 4 nitrogen and oxygen atoms in total. The molecule has 1 fully saturated rings. The van der Waals surface area contributed by atoms with E-state index in [1.54, 1.807) is 12.4 Å². The van der Waals surface area contributed by atoms with Crippen molar-refractivity contribution in [3.63, 3.8) is 0 Å². The molecule has 120 valence electrons. The highest BCUT2D eigenvalue weighted by atomic mass is 16.2. The lowest BCUT2D eigenvalue weighted by molar-refractivity contribution is 0.0532. The van der Waals surface area contributed by atoms with Gasteiger partial charge in [0.15, 0.2) is 0 Å². The molecule has 1 saturated heterocycles. The van der Waals surface area contributed by atoms with Gasteiger partial charge in [0.1, 0.15) is 0 Å². The second kappa shape index (κ2) is 6.13. The quantitative estimate of drug-likeness (QED) is 0.928. The lowest BCUT2D eigenvalue weighted by Gasteiger charge is -2.42. The summed E-state index contributed by atoms with van der Waals surface area (Å²) in [6, 6.07) is 12.1. The summed E-state index contributed by atoms with van der Waals surface area (Å²) in [7, 11) is 0. The lowest BCUT2D eigenvalue weighted by atomic mass is 9.79. The number of rotatable bonds is 2. The fraction of sp³-hybridized carbons (Fsp3) is 0.368. The van der Waals surface area contributed by atoms with Gasteiger partial charge in [0, 0.05) is 37.1 Å². The molecule has 1 aliphatic rings. The summed E-state index contributed by atoms with van der Waals surface area (Å²) in [5.74, 6) is 0.0373. The highest BCUT2D eigenvalue weighted by Gasteiger charge is 2.35. The Morgan fingerprint density at radius 2 is 1.96 bits per heavy atom. The standard InChI is InChI=1S/C19H23N3O/c1-19(2)13-22(9-8-17(19)20)18(23)16-10-15(11-21-12-16)14-6-4-3-5-7-14/h3-7,10-12,17H,8-9,13,20H2,1-2H3. The highest BCUT2D eigenvalue weighted by Crippen LogP contribution is 2.29. The van der Waals surface area contributed by atoms with Gasteiger partial charge in [0.05, 0.1) is 5.56 Å². The Balaban J connectivity index is 1.83. The van der Waals surface area contributed by atoms with Crippen LogP contribution in [-0.4, -0.2) is 34.9 Å². The van der Waals surface area contributed by atoms with Crippen LogP contribution in [0.25, 0.3) is 11.1 Å². The number of benzene rings is 1. The Morgan fingerprint density at radius 1 is 1.22 bits per heavy atom. The third-order valence-corrected chi connectivity index (χ3v) is 4.69. The van der Waals surface area contributed by atoms with Crippen LogP contribution in [0.4, 0.5) is 0 Å². The van der Waals surface area contributed by atoms with E-state index in [0.29, 0.717) is 18.7 Å². The van der Waals surface area contributed by atoms with Gasteiger partial charge in [0.25, 0.3) is 5.91 Å². The van der Waals surface area contributed by atoms with Crippen LogP contribution >= 0.6 is 0 Å². The second-order valence-electron chi connectivity index (χ2n) is 6.94. The van der Waals surface area contributed by atoms with Crippen LogP contribution < -0.4 is 5.73 Å². The molecule has 0 spiro atoms. The first-order valence-corrected chi connectivity index (χ1v) is 8.03. The molecule has 0 radical (unpaired) electrons. The van der Waals surface area contributed by atoms with Gasteiger partial charge >= 0.3 is 0 Å². The summed E-state index contributed by atoms with van der Waals surface area (Å²) in [4.78, 5) is 19.0. The molecular weight excluding hydrogens is 286 g/mol. The van der Waals surface area contributed by atoms with Crippen molar-refractivity contribution in [1.82, 2.24) is 9.88 Å². The van der Waals surface area contributed by atoms with Gasteiger partial charge in [-0.05, 0) is 23.5 Å². The predicted octanol–water partition coefficient (Wildman–Crippen LogP) is 2.95. The molecule has 0 saturated carbocycles. The van der Waals surface area contributed by atoms with Gasteiger partial charge in [-0.25, -0.2) is 0 Å². The number of hydrogen-bond acceptors (Lipinski definition) is 3. The number of likely N-dealkylation sites (tertiary alicyclic amines) is 1. The van der Waals surface area contributed by atoms with E-state index >= 15 is 0 Å². The predicted molar refractivity (Wildman–Crippen MR) is 91.9 cm³/mol. The number of nitrogens with two attached hydrogens (primary N) is 1. The minimum atomic E-state index is -0.0572. The molecule has 0 bridgehead atoms. The largest absolute Gasteiger partial charge is 0.338 e. The van der Waals surface area contributed by atoms with Crippen LogP contribution in [0.2, 0.25) is 0 Å². The van der Waals surface area contributed by atoms with Crippen LogP contribution in [0.5, 0.6) is 0 Å². The number of aromatic nitrogens is 1. The monoisotopic (exact) mass is 309 g/mol. The second-order valence-corrected chi connectivity index (χ2v) is 6.94. The third kappa shape index (κ3) is 3.27. The van der Waals surface area contributed by atoms with Crippen molar-refractivity contribution in [2.45, 2.75) is 26.3 Å².